The van der Waals surface area contributed by atoms with Crippen molar-refractivity contribution in [2.75, 3.05) is 13.2 Å². The number of carbonyl (C=O) groups excluding carboxylic acids is 1. The lowest BCUT2D eigenvalue weighted by atomic mass is 9.98. The Morgan fingerprint density at radius 2 is 2.05 bits per heavy atom. The van der Waals surface area contributed by atoms with Gasteiger partial charge in [0.25, 0.3) is 5.91 Å². The first-order valence-corrected chi connectivity index (χ1v) is 9.03. The van der Waals surface area contributed by atoms with Gasteiger partial charge in [0.1, 0.15) is 0 Å². The van der Waals surface area contributed by atoms with Gasteiger partial charge >= 0.3 is 0 Å². The van der Waals surface area contributed by atoms with E-state index in [9.17, 15) is 4.79 Å². The molecular formula is C18H23NO2S. The first-order chi connectivity index (χ1) is 10.8. The SMILES string of the molecule is O=C(NCCCOC1CCCCC1)c1cc2ccccc2s1. The van der Waals surface area contributed by atoms with Crippen molar-refractivity contribution in [1.82, 2.24) is 5.32 Å². The molecular weight excluding hydrogens is 294 g/mol. The van der Waals surface area contributed by atoms with Crippen molar-refractivity contribution in [1.29, 1.82) is 0 Å². The maximum Gasteiger partial charge on any atom is 0.261 e. The smallest absolute Gasteiger partial charge is 0.261 e. The summed E-state index contributed by atoms with van der Waals surface area (Å²) in [5, 5.41) is 4.13. The quantitative estimate of drug-likeness (QED) is 0.803. The average molecular weight is 317 g/mol. The Kier molecular flexibility index (Phi) is 5.46. The van der Waals surface area contributed by atoms with E-state index in [1.165, 1.54) is 32.1 Å². The van der Waals surface area contributed by atoms with E-state index >= 15 is 0 Å². The van der Waals surface area contributed by atoms with Gasteiger partial charge in [-0.05, 0) is 36.8 Å². The van der Waals surface area contributed by atoms with Crippen LogP contribution < -0.4 is 5.32 Å². The molecule has 0 radical (unpaired) electrons. The van der Waals surface area contributed by atoms with Gasteiger partial charge in [-0.3, -0.25) is 4.79 Å². The van der Waals surface area contributed by atoms with E-state index in [1.54, 1.807) is 11.3 Å². The number of nitrogens with one attached hydrogen (secondary N) is 1. The summed E-state index contributed by atoms with van der Waals surface area (Å²) in [5.74, 6) is 0.0267. The van der Waals surface area contributed by atoms with Crippen molar-refractivity contribution in [3.8, 4) is 0 Å². The van der Waals surface area contributed by atoms with E-state index < -0.39 is 0 Å². The molecule has 0 aliphatic heterocycles. The van der Waals surface area contributed by atoms with Crippen LogP contribution in [0.15, 0.2) is 30.3 Å². The second kappa shape index (κ2) is 7.75. The molecule has 1 aromatic carbocycles. The topological polar surface area (TPSA) is 38.3 Å². The highest BCUT2D eigenvalue weighted by molar-refractivity contribution is 7.20. The minimum absolute atomic E-state index is 0.0267. The van der Waals surface area contributed by atoms with E-state index in [0.717, 1.165) is 28.0 Å². The van der Waals surface area contributed by atoms with Gasteiger partial charge in [0.05, 0.1) is 11.0 Å². The van der Waals surface area contributed by atoms with E-state index in [4.69, 9.17) is 4.74 Å². The molecule has 0 bridgehead atoms. The molecule has 118 valence electrons. The Hall–Kier alpha value is -1.39. The van der Waals surface area contributed by atoms with E-state index in [1.807, 2.05) is 24.3 Å². The second-order valence-electron chi connectivity index (χ2n) is 5.89. The van der Waals surface area contributed by atoms with Crippen LogP contribution in [0.4, 0.5) is 0 Å². The summed E-state index contributed by atoms with van der Waals surface area (Å²) >= 11 is 1.55. The summed E-state index contributed by atoms with van der Waals surface area (Å²) in [6.07, 6.45) is 7.69. The zero-order valence-corrected chi connectivity index (χ0v) is 13.7. The zero-order valence-electron chi connectivity index (χ0n) is 12.8. The molecule has 1 aliphatic carbocycles. The van der Waals surface area contributed by atoms with E-state index in [0.29, 0.717) is 12.6 Å². The largest absolute Gasteiger partial charge is 0.378 e. The van der Waals surface area contributed by atoms with Crippen LogP contribution in [-0.2, 0) is 4.74 Å². The van der Waals surface area contributed by atoms with Crippen LogP contribution in [0.2, 0.25) is 0 Å². The van der Waals surface area contributed by atoms with E-state index in [2.05, 4.69) is 11.4 Å². The lowest BCUT2D eigenvalue weighted by molar-refractivity contribution is 0.0273. The van der Waals surface area contributed by atoms with Crippen LogP contribution in [-0.4, -0.2) is 25.2 Å². The van der Waals surface area contributed by atoms with Crippen LogP contribution in [0.3, 0.4) is 0 Å². The van der Waals surface area contributed by atoms with Gasteiger partial charge in [0.2, 0.25) is 0 Å². The Morgan fingerprint density at radius 1 is 1.23 bits per heavy atom. The first kappa shape index (κ1) is 15.5. The van der Waals surface area contributed by atoms with Crippen molar-refractivity contribution in [3.63, 3.8) is 0 Å². The van der Waals surface area contributed by atoms with Crippen LogP contribution in [0.1, 0.15) is 48.2 Å². The highest BCUT2D eigenvalue weighted by Gasteiger charge is 2.13. The Morgan fingerprint density at radius 3 is 2.86 bits per heavy atom. The first-order valence-electron chi connectivity index (χ1n) is 8.21. The maximum absolute atomic E-state index is 12.1. The molecule has 3 rings (SSSR count). The fourth-order valence-corrected chi connectivity index (χ4v) is 3.92. The van der Waals surface area contributed by atoms with Crippen molar-refractivity contribution in [2.24, 2.45) is 0 Å². The Labute approximate surface area is 135 Å². The van der Waals surface area contributed by atoms with Crippen molar-refractivity contribution in [2.45, 2.75) is 44.6 Å². The molecule has 1 aliphatic rings. The number of ether oxygens (including phenoxy) is 1. The molecule has 4 heteroatoms. The summed E-state index contributed by atoms with van der Waals surface area (Å²) in [4.78, 5) is 12.9. The molecule has 1 aromatic heterocycles. The lowest BCUT2D eigenvalue weighted by Gasteiger charge is -2.21. The number of hydrogen-bond acceptors (Lipinski definition) is 3. The number of benzene rings is 1. The molecule has 1 saturated carbocycles. The van der Waals surface area contributed by atoms with Crippen molar-refractivity contribution in [3.05, 3.63) is 35.2 Å². The van der Waals surface area contributed by atoms with Crippen LogP contribution >= 0.6 is 11.3 Å². The number of carbonyl (C=O) groups is 1. The molecule has 0 unspecified atom stereocenters. The third-order valence-electron chi connectivity index (χ3n) is 4.16. The normalized spacial score (nSPS) is 16.0. The third kappa shape index (κ3) is 4.08. The third-order valence-corrected chi connectivity index (χ3v) is 5.28. The van der Waals surface area contributed by atoms with Crippen molar-refractivity contribution < 1.29 is 9.53 Å². The lowest BCUT2D eigenvalue weighted by Crippen LogP contribution is -2.25. The minimum atomic E-state index is 0.0267. The fourth-order valence-electron chi connectivity index (χ4n) is 2.94. The van der Waals surface area contributed by atoms with Gasteiger partial charge in [-0.2, -0.15) is 0 Å². The Balaban J connectivity index is 1.38. The minimum Gasteiger partial charge on any atom is -0.378 e. The van der Waals surface area contributed by atoms with Gasteiger partial charge < -0.3 is 10.1 Å². The average Bonchev–Trinajstić information content (AvgIpc) is 2.99. The summed E-state index contributed by atoms with van der Waals surface area (Å²) < 4.78 is 7.03. The van der Waals surface area contributed by atoms with E-state index in [-0.39, 0.29) is 5.91 Å². The summed E-state index contributed by atoms with van der Waals surface area (Å²) in [7, 11) is 0. The van der Waals surface area contributed by atoms with Gasteiger partial charge in [-0.15, -0.1) is 11.3 Å². The molecule has 1 fully saturated rings. The summed E-state index contributed by atoms with van der Waals surface area (Å²) in [6.45, 7) is 1.43. The zero-order chi connectivity index (χ0) is 15.2. The highest BCUT2D eigenvalue weighted by atomic mass is 32.1. The predicted octanol–water partition coefficient (Wildman–Crippen LogP) is 4.37. The predicted molar refractivity (Wildman–Crippen MR) is 91.6 cm³/mol. The number of thiophene rings is 1. The number of fused-ring (bicyclic) bond motifs is 1. The molecule has 0 spiro atoms. The van der Waals surface area contributed by atoms with Gasteiger partial charge in [0, 0.05) is 17.9 Å². The standard InChI is InChI=1S/C18H23NO2S/c20-18(17-13-14-7-4-5-10-16(14)22-17)19-11-6-12-21-15-8-2-1-3-9-15/h4-5,7,10,13,15H,1-3,6,8-9,11-12H2,(H,19,20). The molecule has 1 heterocycles. The number of hydrogen-bond donors (Lipinski definition) is 1. The van der Waals surface area contributed by atoms with Crippen LogP contribution in [0, 0.1) is 0 Å². The molecule has 1 amide bonds. The van der Waals surface area contributed by atoms with Gasteiger partial charge in [-0.25, -0.2) is 0 Å². The molecule has 1 N–H and O–H groups in total. The molecule has 0 atom stereocenters. The highest BCUT2D eigenvalue weighted by Crippen LogP contribution is 2.25. The summed E-state index contributed by atoms with van der Waals surface area (Å²) in [5.41, 5.74) is 0. The molecule has 22 heavy (non-hydrogen) atoms. The van der Waals surface area contributed by atoms with Crippen molar-refractivity contribution >= 4 is 27.3 Å². The molecule has 3 nitrogen and oxygen atoms in total. The van der Waals surface area contributed by atoms with Gasteiger partial charge in [0.15, 0.2) is 0 Å². The summed E-state index contributed by atoms with van der Waals surface area (Å²) in [6, 6.07) is 10.1. The Bertz CT molecular complexity index is 583. The van der Waals surface area contributed by atoms with Crippen LogP contribution in [0.25, 0.3) is 10.1 Å². The molecule has 0 saturated heterocycles. The van der Waals surface area contributed by atoms with Gasteiger partial charge in [-0.1, -0.05) is 37.5 Å². The second-order valence-corrected chi connectivity index (χ2v) is 6.97. The molecule has 2 aromatic rings. The fraction of sp³-hybridized carbons (Fsp3) is 0.500. The monoisotopic (exact) mass is 317 g/mol. The number of amides is 1. The van der Waals surface area contributed by atoms with Crippen LogP contribution in [0.5, 0.6) is 0 Å². The number of rotatable bonds is 6. The maximum atomic E-state index is 12.1.